The summed E-state index contributed by atoms with van der Waals surface area (Å²) in [5, 5.41) is 5.72. The summed E-state index contributed by atoms with van der Waals surface area (Å²) in [5.41, 5.74) is 0. The molecule has 22 heavy (non-hydrogen) atoms. The average molecular weight is 349 g/mol. The first-order valence-electron chi connectivity index (χ1n) is 8.63. The topological polar surface area (TPSA) is 24.5 Å². The van der Waals surface area contributed by atoms with E-state index in [1.165, 1.54) is 25.4 Å². The van der Waals surface area contributed by atoms with Crippen molar-refractivity contribution in [2.45, 2.75) is 56.9 Å². The smallest absolute Gasteiger partial charge is 0.0507 e. The fraction of sp³-hybridized carbons (Fsp3) is 1.00. The molecule has 3 heterocycles. The van der Waals surface area contributed by atoms with E-state index in [4.69, 9.17) is 4.74 Å². The normalized spacial score (nSPS) is 38.7. The van der Waals surface area contributed by atoms with Gasteiger partial charge in [0.2, 0.25) is 0 Å². The summed E-state index contributed by atoms with van der Waals surface area (Å²) < 4.78 is 5.29. The highest BCUT2D eigenvalue weighted by atomic mass is 32.2. The number of ether oxygens (including phenoxy) is 1. The van der Waals surface area contributed by atoms with E-state index in [2.05, 4.69) is 51.9 Å². The zero-order chi connectivity index (χ0) is 16.5. The maximum atomic E-state index is 5.29. The second kappa shape index (κ2) is 11.2. The molecule has 0 aromatic rings. The van der Waals surface area contributed by atoms with Crippen molar-refractivity contribution in [2.24, 2.45) is 11.8 Å². The van der Waals surface area contributed by atoms with Crippen LogP contribution in [-0.2, 0) is 4.74 Å². The summed E-state index contributed by atoms with van der Waals surface area (Å²) in [5.74, 6) is 2.80. The molecule has 0 aromatic heterocycles. The summed E-state index contributed by atoms with van der Waals surface area (Å²) in [7, 11) is 2.16. The zero-order valence-corrected chi connectivity index (χ0v) is 16.9. The standard InChI is InChI=1S/C7H14O.2C5H11NS/c1-6-3-7(2)5-8-4-6;1-5-3-6(2)4-7-5;1-4-3-6-5(2)7-4/h6-7H,3-5H2,1-2H3;5H,3-4H2,1-2H3;4-6H,3H2,1-2H3. The first-order valence-corrected chi connectivity index (χ1v) is 10.6. The number of rotatable bonds is 0. The van der Waals surface area contributed by atoms with Crippen LogP contribution in [0, 0.1) is 11.8 Å². The van der Waals surface area contributed by atoms with E-state index in [1.54, 1.807) is 0 Å². The number of nitrogens with one attached hydrogen (secondary N) is 1. The molecule has 5 atom stereocenters. The highest BCUT2D eigenvalue weighted by Gasteiger charge is 2.15. The van der Waals surface area contributed by atoms with Gasteiger partial charge in [0.05, 0.1) is 5.37 Å². The number of thioether (sulfide) groups is 2. The Hall–Kier alpha value is 0.580. The average Bonchev–Trinajstić information content (AvgIpc) is 2.99. The molecule has 3 rings (SSSR count). The largest absolute Gasteiger partial charge is 0.381 e. The van der Waals surface area contributed by atoms with E-state index in [-0.39, 0.29) is 0 Å². The summed E-state index contributed by atoms with van der Waals surface area (Å²) >= 11 is 4.04. The van der Waals surface area contributed by atoms with Crippen LogP contribution in [0.15, 0.2) is 0 Å². The third-order valence-electron chi connectivity index (χ3n) is 3.89. The molecule has 0 amide bonds. The lowest BCUT2D eigenvalue weighted by Gasteiger charge is -2.23. The molecule has 3 saturated heterocycles. The number of hydrogen-bond donors (Lipinski definition) is 1. The van der Waals surface area contributed by atoms with Crippen molar-refractivity contribution < 1.29 is 4.74 Å². The molecule has 3 aliphatic heterocycles. The first kappa shape index (κ1) is 20.6. The summed E-state index contributed by atoms with van der Waals surface area (Å²) in [4.78, 5) is 2.34. The third kappa shape index (κ3) is 9.66. The molecule has 132 valence electrons. The van der Waals surface area contributed by atoms with Gasteiger partial charge in [0, 0.05) is 42.7 Å². The second-order valence-electron chi connectivity index (χ2n) is 7.13. The van der Waals surface area contributed by atoms with Crippen molar-refractivity contribution in [2.75, 3.05) is 39.2 Å². The van der Waals surface area contributed by atoms with Crippen LogP contribution in [0.3, 0.4) is 0 Å². The van der Waals surface area contributed by atoms with Gasteiger partial charge in [-0.3, -0.25) is 4.90 Å². The molecular weight excluding hydrogens is 312 g/mol. The molecule has 0 radical (unpaired) electrons. The number of hydrogen-bond acceptors (Lipinski definition) is 5. The maximum Gasteiger partial charge on any atom is 0.0507 e. The fourth-order valence-electron chi connectivity index (χ4n) is 2.87. The van der Waals surface area contributed by atoms with Gasteiger partial charge in [-0.15, -0.1) is 23.5 Å². The monoisotopic (exact) mass is 348 g/mol. The van der Waals surface area contributed by atoms with Crippen LogP contribution < -0.4 is 5.32 Å². The molecular formula is C17H36N2OS2. The van der Waals surface area contributed by atoms with Crippen LogP contribution >= 0.6 is 23.5 Å². The summed E-state index contributed by atoms with van der Waals surface area (Å²) in [6.07, 6.45) is 1.35. The van der Waals surface area contributed by atoms with Crippen molar-refractivity contribution >= 4 is 23.5 Å². The molecule has 0 aromatic carbocycles. The van der Waals surface area contributed by atoms with Gasteiger partial charge < -0.3 is 10.1 Å². The van der Waals surface area contributed by atoms with Crippen molar-refractivity contribution in [3.05, 3.63) is 0 Å². The van der Waals surface area contributed by atoms with Gasteiger partial charge in [0.1, 0.15) is 0 Å². The first-order chi connectivity index (χ1) is 10.4. The van der Waals surface area contributed by atoms with Crippen molar-refractivity contribution in [3.63, 3.8) is 0 Å². The highest BCUT2D eigenvalue weighted by Crippen LogP contribution is 2.20. The lowest BCUT2D eigenvalue weighted by Crippen LogP contribution is -2.21. The Balaban J connectivity index is 0.000000166. The quantitative estimate of drug-likeness (QED) is 0.719. The van der Waals surface area contributed by atoms with Gasteiger partial charge in [-0.1, -0.05) is 27.7 Å². The third-order valence-corrected chi connectivity index (χ3v) is 6.40. The lowest BCUT2D eigenvalue weighted by atomic mass is 9.96. The molecule has 0 bridgehead atoms. The summed E-state index contributed by atoms with van der Waals surface area (Å²) in [6.45, 7) is 15.6. The van der Waals surface area contributed by atoms with Gasteiger partial charge in [0.25, 0.3) is 0 Å². The molecule has 3 nitrogen and oxygen atoms in total. The van der Waals surface area contributed by atoms with E-state index in [1.807, 2.05) is 23.5 Å². The van der Waals surface area contributed by atoms with E-state index >= 15 is 0 Å². The Morgan fingerprint density at radius 2 is 1.64 bits per heavy atom. The Labute approximate surface area is 146 Å². The maximum absolute atomic E-state index is 5.29. The van der Waals surface area contributed by atoms with Crippen LogP contribution in [0.5, 0.6) is 0 Å². The minimum atomic E-state index is 0.690. The lowest BCUT2D eigenvalue weighted by molar-refractivity contribution is 0.0274. The van der Waals surface area contributed by atoms with E-state index < -0.39 is 0 Å². The minimum absolute atomic E-state index is 0.690. The molecule has 5 heteroatoms. The van der Waals surface area contributed by atoms with Crippen LogP contribution in [0.1, 0.15) is 41.0 Å². The summed E-state index contributed by atoms with van der Waals surface area (Å²) in [6, 6.07) is 0. The SMILES string of the molecule is CC1CN(C)CS1.CC1CNC(C)S1.CC1COCC(C)C1. The fourth-order valence-corrected chi connectivity index (χ4v) is 4.92. The predicted octanol–water partition coefficient (Wildman–Crippen LogP) is 3.75. The zero-order valence-electron chi connectivity index (χ0n) is 15.3. The van der Waals surface area contributed by atoms with Crippen LogP contribution in [0.25, 0.3) is 0 Å². The second-order valence-corrected chi connectivity index (χ2v) is 10.3. The van der Waals surface area contributed by atoms with Crippen LogP contribution in [-0.4, -0.2) is 60.0 Å². The van der Waals surface area contributed by atoms with Gasteiger partial charge in [-0.25, -0.2) is 0 Å². The van der Waals surface area contributed by atoms with Crippen LogP contribution in [0.4, 0.5) is 0 Å². The molecule has 0 saturated carbocycles. The Kier molecular flexibility index (Phi) is 10.5. The molecule has 3 aliphatic rings. The highest BCUT2D eigenvalue weighted by molar-refractivity contribution is 8.00. The predicted molar refractivity (Wildman–Crippen MR) is 103 cm³/mol. The van der Waals surface area contributed by atoms with Gasteiger partial charge in [-0.2, -0.15) is 0 Å². The molecule has 1 N–H and O–H groups in total. The van der Waals surface area contributed by atoms with Crippen molar-refractivity contribution in [1.29, 1.82) is 0 Å². The van der Waals surface area contributed by atoms with Gasteiger partial charge in [0.15, 0.2) is 0 Å². The minimum Gasteiger partial charge on any atom is -0.381 e. The Bertz CT molecular complexity index is 252. The van der Waals surface area contributed by atoms with Crippen LogP contribution in [0.2, 0.25) is 0 Å². The molecule has 5 unspecified atom stereocenters. The van der Waals surface area contributed by atoms with E-state index in [0.29, 0.717) is 5.37 Å². The van der Waals surface area contributed by atoms with E-state index in [0.717, 1.165) is 35.5 Å². The van der Waals surface area contributed by atoms with E-state index in [9.17, 15) is 0 Å². The number of nitrogens with zero attached hydrogens (tertiary/aromatic N) is 1. The van der Waals surface area contributed by atoms with Crippen molar-refractivity contribution in [3.8, 4) is 0 Å². The van der Waals surface area contributed by atoms with Gasteiger partial charge in [-0.05, 0) is 32.2 Å². The van der Waals surface area contributed by atoms with Crippen molar-refractivity contribution in [1.82, 2.24) is 10.2 Å². The van der Waals surface area contributed by atoms with Gasteiger partial charge >= 0.3 is 0 Å². The molecule has 0 aliphatic carbocycles. The molecule has 3 fully saturated rings. The Morgan fingerprint density at radius 1 is 1.00 bits per heavy atom. The molecule has 0 spiro atoms. The Morgan fingerprint density at radius 3 is 1.82 bits per heavy atom.